The summed E-state index contributed by atoms with van der Waals surface area (Å²) < 4.78 is 7.60. The van der Waals surface area contributed by atoms with E-state index in [9.17, 15) is 4.79 Å². The average Bonchev–Trinajstić information content (AvgIpc) is 3.41. The maximum absolute atomic E-state index is 12.5. The molecule has 0 bridgehead atoms. The van der Waals surface area contributed by atoms with Crippen molar-refractivity contribution >= 4 is 22.9 Å². The molecule has 0 radical (unpaired) electrons. The topological polar surface area (TPSA) is 69.0 Å². The van der Waals surface area contributed by atoms with Gasteiger partial charge in [0.05, 0.1) is 11.9 Å². The Morgan fingerprint density at radius 1 is 1.09 bits per heavy atom. The highest BCUT2D eigenvalue weighted by molar-refractivity contribution is 7.13. The second-order valence-corrected chi connectivity index (χ2v) is 9.50. The number of anilines is 1. The molecule has 164 valence electrons. The Labute approximate surface area is 191 Å². The van der Waals surface area contributed by atoms with Crippen LogP contribution in [0.3, 0.4) is 0 Å². The number of nitrogens with zero attached hydrogens (tertiary/aromatic N) is 3. The summed E-state index contributed by atoms with van der Waals surface area (Å²) in [5.41, 5.74) is 4.47. The Bertz CT molecular complexity index is 1200. The molecule has 0 aliphatic rings. The van der Waals surface area contributed by atoms with Gasteiger partial charge < -0.3 is 10.1 Å². The summed E-state index contributed by atoms with van der Waals surface area (Å²) in [6.07, 6.45) is 3.74. The van der Waals surface area contributed by atoms with Crippen LogP contribution in [-0.4, -0.2) is 20.7 Å². The number of carbonyl (C=O) groups excluding carboxylic acids is 1. The molecule has 0 saturated heterocycles. The van der Waals surface area contributed by atoms with Crippen molar-refractivity contribution in [3.8, 4) is 16.3 Å². The van der Waals surface area contributed by atoms with Crippen LogP contribution < -0.4 is 10.1 Å². The van der Waals surface area contributed by atoms with E-state index < -0.39 is 0 Å². The maximum Gasteiger partial charge on any atom is 0.255 e. The fourth-order valence-electron chi connectivity index (χ4n) is 3.15. The minimum Gasteiger partial charge on any atom is -0.487 e. The number of ether oxygens (including phenoxy) is 1. The van der Waals surface area contributed by atoms with Gasteiger partial charge in [0.1, 0.15) is 17.4 Å². The summed E-state index contributed by atoms with van der Waals surface area (Å²) in [5.74, 6) is 0.581. The van der Waals surface area contributed by atoms with Crippen LogP contribution in [0.1, 0.15) is 42.4 Å². The third kappa shape index (κ3) is 5.23. The predicted octanol–water partition coefficient (Wildman–Crippen LogP) is 5.67. The standard InChI is InChI=1S/C25H26N4O2S/c1-25(2,3)19-7-5-17(6-8-19)23(30)27-20-9-11-22(12-10-20)31-15-21-16-32-24(28-21)18-13-26-29(4)14-18/h5-14,16H,15H2,1-4H3,(H,27,30). The first-order valence-electron chi connectivity index (χ1n) is 10.4. The Morgan fingerprint density at radius 2 is 1.81 bits per heavy atom. The quantitative estimate of drug-likeness (QED) is 0.414. The summed E-state index contributed by atoms with van der Waals surface area (Å²) in [7, 11) is 1.88. The number of aromatic nitrogens is 3. The van der Waals surface area contributed by atoms with Crippen molar-refractivity contribution in [2.24, 2.45) is 7.05 Å². The van der Waals surface area contributed by atoms with Crippen molar-refractivity contribution in [2.45, 2.75) is 32.8 Å². The third-order valence-corrected chi connectivity index (χ3v) is 5.96. The van der Waals surface area contributed by atoms with Crippen LogP contribution in [0.15, 0.2) is 66.3 Å². The van der Waals surface area contributed by atoms with Gasteiger partial charge in [0.25, 0.3) is 5.91 Å². The molecule has 0 spiro atoms. The van der Waals surface area contributed by atoms with Crippen molar-refractivity contribution < 1.29 is 9.53 Å². The molecule has 4 rings (SSSR count). The maximum atomic E-state index is 12.5. The summed E-state index contributed by atoms with van der Waals surface area (Å²) >= 11 is 1.57. The molecule has 7 heteroatoms. The zero-order chi connectivity index (χ0) is 22.7. The average molecular weight is 447 g/mol. The van der Waals surface area contributed by atoms with Crippen LogP contribution in [-0.2, 0) is 19.1 Å². The summed E-state index contributed by atoms with van der Waals surface area (Å²) in [4.78, 5) is 17.1. The molecule has 0 aliphatic heterocycles. The molecule has 0 fully saturated rings. The smallest absolute Gasteiger partial charge is 0.255 e. The number of hydrogen-bond acceptors (Lipinski definition) is 5. The highest BCUT2D eigenvalue weighted by atomic mass is 32.1. The second-order valence-electron chi connectivity index (χ2n) is 8.64. The molecule has 2 heterocycles. The Morgan fingerprint density at radius 3 is 2.44 bits per heavy atom. The van der Waals surface area contributed by atoms with Crippen molar-refractivity contribution in [1.29, 1.82) is 0 Å². The molecule has 0 atom stereocenters. The van der Waals surface area contributed by atoms with Gasteiger partial charge in [0, 0.05) is 35.4 Å². The molecule has 0 saturated carbocycles. The Balaban J connectivity index is 1.32. The van der Waals surface area contributed by atoms with Gasteiger partial charge in [-0.2, -0.15) is 5.10 Å². The first kappa shape index (κ1) is 21.8. The SMILES string of the molecule is Cn1cc(-c2nc(COc3ccc(NC(=O)c4ccc(C(C)(C)C)cc4)cc3)cs2)cn1. The van der Waals surface area contributed by atoms with Gasteiger partial charge in [-0.25, -0.2) is 4.98 Å². The monoisotopic (exact) mass is 446 g/mol. The normalized spacial score (nSPS) is 11.4. The molecule has 4 aromatic rings. The van der Waals surface area contributed by atoms with Crippen LogP contribution in [0.25, 0.3) is 10.6 Å². The number of benzene rings is 2. The van der Waals surface area contributed by atoms with E-state index in [1.165, 1.54) is 5.56 Å². The number of rotatable bonds is 6. The molecule has 0 unspecified atom stereocenters. The number of carbonyl (C=O) groups is 1. The van der Waals surface area contributed by atoms with Crippen molar-refractivity contribution in [1.82, 2.24) is 14.8 Å². The molecule has 2 aromatic carbocycles. The van der Waals surface area contributed by atoms with E-state index in [0.29, 0.717) is 17.9 Å². The van der Waals surface area contributed by atoms with Crippen molar-refractivity contribution in [3.63, 3.8) is 0 Å². The molecule has 32 heavy (non-hydrogen) atoms. The van der Waals surface area contributed by atoms with Gasteiger partial charge in [-0.1, -0.05) is 32.9 Å². The molecular weight excluding hydrogens is 420 g/mol. The summed E-state index contributed by atoms with van der Waals surface area (Å²) in [6, 6.07) is 15.1. The zero-order valence-electron chi connectivity index (χ0n) is 18.6. The van der Waals surface area contributed by atoms with Gasteiger partial charge >= 0.3 is 0 Å². The van der Waals surface area contributed by atoms with Gasteiger partial charge in [-0.15, -0.1) is 11.3 Å². The Hall–Kier alpha value is -3.45. The van der Waals surface area contributed by atoms with Crippen LogP contribution in [0.4, 0.5) is 5.69 Å². The van der Waals surface area contributed by atoms with E-state index in [0.717, 1.165) is 22.0 Å². The number of hydrogen-bond donors (Lipinski definition) is 1. The lowest BCUT2D eigenvalue weighted by Gasteiger charge is -2.19. The van der Waals surface area contributed by atoms with E-state index in [1.807, 2.05) is 67.2 Å². The van der Waals surface area contributed by atoms with Gasteiger partial charge in [-0.05, 0) is 47.4 Å². The van der Waals surface area contributed by atoms with E-state index in [1.54, 1.807) is 22.2 Å². The Kier molecular flexibility index (Phi) is 6.10. The molecular formula is C25H26N4O2S. The minimum atomic E-state index is -0.135. The lowest BCUT2D eigenvalue weighted by molar-refractivity contribution is 0.102. The largest absolute Gasteiger partial charge is 0.487 e. The van der Waals surface area contributed by atoms with Crippen molar-refractivity contribution in [3.05, 3.63) is 83.1 Å². The zero-order valence-corrected chi connectivity index (χ0v) is 19.4. The van der Waals surface area contributed by atoms with E-state index in [4.69, 9.17) is 4.74 Å². The lowest BCUT2D eigenvalue weighted by Crippen LogP contribution is -2.14. The third-order valence-electron chi connectivity index (χ3n) is 5.02. The molecule has 1 N–H and O–H groups in total. The predicted molar refractivity (Wildman–Crippen MR) is 128 cm³/mol. The highest BCUT2D eigenvalue weighted by Gasteiger charge is 2.14. The van der Waals surface area contributed by atoms with Crippen molar-refractivity contribution in [2.75, 3.05) is 5.32 Å². The first-order chi connectivity index (χ1) is 15.3. The molecule has 6 nitrogen and oxygen atoms in total. The van der Waals surface area contributed by atoms with Crippen LogP contribution in [0.2, 0.25) is 0 Å². The molecule has 2 aromatic heterocycles. The van der Waals surface area contributed by atoms with E-state index in [2.05, 4.69) is 36.2 Å². The molecule has 1 amide bonds. The number of aryl methyl sites for hydroxylation is 1. The highest BCUT2D eigenvalue weighted by Crippen LogP contribution is 2.25. The van der Waals surface area contributed by atoms with Crippen LogP contribution in [0.5, 0.6) is 5.75 Å². The van der Waals surface area contributed by atoms with Gasteiger partial charge in [0.15, 0.2) is 0 Å². The fourth-order valence-corrected chi connectivity index (χ4v) is 3.93. The number of thiazole rings is 1. The first-order valence-corrected chi connectivity index (χ1v) is 11.2. The number of amides is 1. The fraction of sp³-hybridized carbons (Fsp3) is 0.240. The van der Waals surface area contributed by atoms with E-state index in [-0.39, 0.29) is 11.3 Å². The van der Waals surface area contributed by atoms with E-state index >= 15 is 0 Å². The summed E-state index contributed by atoms with van der Waals surface area (Å²) in [5, 5.41) is 10.0. The minimum absolute atomic E-state index is 0.0592. The van der Waals surface area contributed by atoms with Gasteiger partial charge in [0.2, 0.25) is 0 Å². The lowest BCUT2D eigenvalue weighted by atomic mass is 9.87. The van der Waals surface area contributed by atoms with Gasteiger partial charge in [-0.3, -0.25) is 9.48 Å². The molecule has 0 aliphatic carbocycles. The number of nitrogens with one attached hydrogen (secondary N) is 1. The van der Waals surface area contributed by atoms with Crippen LogP contribution in [0, 0.1) is 0 Å². The summed E-state index contributed by atoms with van der Waals surface area (Å²) in [6.45, 7) is 6.84. The second kappa shape index (κ2) is 8.96. The van der Waals surface area contributed by atoms with Crippen LogP contribution >= 0.6 is 11.3 Å².